The van der Waals surface area contributed by atoms with Crippen LogP contribution in [0.2, 0.25) is 5.02 Å². The molecule has 0 spiro atoms. The summed E-state index contributed by atoms with van der Waals surface area (Å²) in [7, 11) is 0. The van der Waals surface area contributed by atoms with Crippen molar-refractivity contribution in [1.82, 2.24) is 10.2 Å². The zero-order valence-electron chi connectivity index (χ0n) is 14.5. The van der Waals surface area contributed by atoms with E-state index in [1.54, 1.807) is 11.0 Å². The van der Waals surface area contributed by atoms with Crippen LogP contribution in [0, 0.1) is 0 Å². The topological polar surface area (TPSA) is 58.6 Å². The molecule has 2 aliphatic rings. The van der Waals surface area contributed by atoms with Crippen LogP contribution >= 0.6 is 11.6 Å². The summed E-state index contributed by atoms with van der Waals surface area (Å²) in [5, 5.41) is 3.47. The Labute approximate surface area is 147 Å². The van der Waals surface area contributed by atoms with Gasteiger partial charge in [0.2, 0.25) is 0 Å². The fourth-order valence-electron chi connectivity index (χ4n) is 3.56. The van der Waals surface area contributed by atoms with Crippen LogP contribution in [0.4, 0.5) is 4.79 Å². The summed E-state index contributed by atoms with van der Waals surface area (Å²) in [6.45, 7) is 8.59. The molecule has 1 fully saturated rings. The Morgan fingerprint density at radius 1 is 1.38 bits per heavy atom. The summed E-state index contributed by atoms with van der Waals surface area (Å²) in [6.07, 6.45) is 0.482. The molecule has 1 N–H and O–H groups in total. The third-order valence-corrected chi connectivity index (χ3v) is 4.87. The lowest BCUT2D eigenvalue weighted by Gasteiger charge is -2.30. The van der Waals surface area contributed by atoms with Crippen LogP contribution in [0.5, 0.6) is 0 Å². The molecule has 0 aromatic heterocycles. The minimum atomic E-state index is -0.538. The van der Waals surface area contributed by atoms with Gasteiger partial charge in [-0.15, -0.1) is 0 Å². The second-order valence-corrected chi connectivity index (χ2v) is 7.83. The number of rotatable bonds is 1. The maximum Gasteiger partial charge on any atom is 0.410 e. The molecule has 2 amide bonds. The molecule has 2 aliphatic heterocycles. The van der Waals surface area contributed by atoms with Crippen molar-refractivity contribution in [1.29, 1.82) is 0 Å². The molecule has 0 unspecified atom stereocenters. The number of carbonyl (C=O) groups excluding carboxylic acids is 2. The van der Waals surface area contributed by atoms with Crippen molar-refractivity contribution in [2.45, 2.75) is 51.7 Å². The van der Waals surface area contributed by atoms with Gasteiger partial charge >= 0.3 is 6.09 Å². The number of amides is 2. The first-order valence-corrected chi connectivity index (χ1v) is 8.69. The van der Waals surface area contributed by atoms with Crippen molar-refractivity contribution < 1.29 is 14.3 Å². The molecule has 130 valence electrons. The van der Waals surface area contributed by atoms with E-state index in [0.29, 0.717) is 23.7 Å². The molecule has 5 nitrogen and oxygen atoms in total. The number of halogens is 1. The highest BCUT2D eigenvalue weighted by Crippen LogP contribution is 2.39. The molecule has 1 aromatic rings. The largest absolute Gasteiger partial charge is 0.444 e. The highest BCUT2D eigenvalue weighted by molar-refractivity contribution is 6.34. The third kappa shape index (κ3) is 2.97. The summed E-state index contributed by atoms with van der Waals surface area (Å²) >= 11 is 6.28. The quantitative estimate of drug-likeness (QED) is 0.845. The molecule has 0 aliphatic carbocycles. The average molecular weight is 351 g/mol. The SMILES string of the molecule is CCc1ccc(Cl)c2c1[C@@H]1CN(C(=O)OC(C)(C)C)C[C@H]1NC2=O. The van der Waals surface area contributed by atoms with E-state index in [1.807, 2.05) is 26.8 Å². The highest BCUT2D eigenvalue weighted by atomic mass is 35.5. The van der Waals surface area contributed by atoms with Crippen molar-refractivity contribution in [2.75, 3.05) is 13.1 Å². The number of likely N-dealkylation sites (tertiary alicyclic amines) is 1. The number of ether oxygens (including phenoxy) is 1. The van der Waals surface area contributed by atoms with Gasteiger partial charge in [0.25, 0.3) is 5.91 Å². The first-order valence-electron chi connectivity index (χ1n) is 8.31. The van der Waals surface area contributed by atoms with Crippen LogP contribution in [0.1, 0.15) is 55.1 Å². The summed E-state index contributed by atoms with van der Waals surface area (Å²) in [5.41, 5.74) is 2.13. The van der Waals surface area contributed by atoms with Crippen molar-refractivity contribution in [3.05, 3.63) is 33.8 Å². The van der Waals surface area contributed by atoms with Crippen LogP contribution in [0.15, 0.2) is 12.1 Å². The van der Waals surface area contributed by atoms with E-state index in [9.17, 15) is 9.59 Å². The minimum absolute atomic E-state index is 0.0545. The predicted molar refractivity (Wildman–Crippen MR) is 92.6 cm³/mol. The van der Waals surface area contributed by atoms with Crippen LogP contribution in [-0.4, -0.2) is 41.6 Å². The van der Waals surface area contributed by atoms with Gasteiger partial charge in [-0.05, 0) is 44.4 Å². The Balaban J connectivity index is 1.93. The molecule has 0 radical (unpaired) electrons. The van der Waals surface area contributed by atoms with E-state index in [0.717, 1.165) is 17.5 Å². The maximum absolute atomic E-state index is 12.5. The Kier molecular flexibility index (Phi) is 4.24. The van der Waals surface area contributed by atoms with Crippen LogP contribution in [0.3, 0.4) is 0 Å². The summed E-state index contributed by atoms with van der Waals surface area (Å²) in [6, 6.07) is 3.66. The molecule has 1 aromatic carbocycles. The summed E-state index contributed by atoms with van der Waals surface area (Å²) in [5.74, 6) is -0.101. The number of nitrogens with one attached hydrogen (secondary N) is 1. The second-order valence-electron chi connectivity index (χ2n) is 7.42. The zero-order valence-corrected chi connectivity index (χ0v) is 15.2. The van der Waals surface area contributed by atoms with Gasteiger partial charge in [0.15, 0.2) is 0 Å². The lowest BCUT2D eigenvalue weighted by atomic mass is 9.82. The van der Waals surface area contributed by atoms with Gasteiger partial charge in [-0.25, -0.2) is 4.79 Å². The van der Waals surface area contributed by atoms with Crippen molar-refractivity contribution in [3.8, 4) is 0 Å². The first-order chi connectivity index (χ1) is 11.2. The summed E-state index contributed by atoms with van der Waals surface area (Å²) < 4.78 is 5.47. The minimum Gasteiger partial charge on any atom is -0.444 e. The van der Waals surface area contributed by atoms with Gasteiger partial charge in [0.05, 0.1) is 16.6 Å². The van der Waals surface area contributed by atoms with Crippen molar-refractivity contribution >= 4 is 23.6 Å². The molecule has 0 saturated carbocycles. The maximum atomic E-state index is 12.5. The van der Waals surface area contributed by atoms with Crippen LogP contribution in [0.25, 0.3) is 0 Å². The summed E-state index contributed by atoms with van der Waals surface area (Å²) in [4.78, 5) is 26.6. The van der Waals surface area contributed by atoms with Crippen LogP contribution in [-0.2, 0) is 11.2 Å². The number of nitrogens with zero attached hydrogens (tertiary/aromatic N) is 1. The molecule has 3 rings (SSSR count). The Bertz CT molecular complexity index is 696. The van der Waals surface area contributed by atoms with Gasteiger partial charge < -0.3 is 15.0 Å². The lowest BCUT2D eigenvalue weighted by Crippen LogP contribution is -2.45. The monoisotopic (exact) mass is 350 g/mol. The van der Waals surface area contributed by atoms with Crippen LogP contribution < -0.4 is 5.32 Å². The smallest absolute Gasteiger partial charge is 0.410 e. The van der Waals surface area contributed by atoms with E-state index in [2.05, 4.69) is 12.2 Å². The highest BCUT2D eigenvalue weighted by Gasteiger charge is 2.44. The van der Waals surface area contributed by atoms with Gasteiger partial charge in [-0.3, -0.25) is 4.79 Å². The molecule has 1 saturated heterocycles. The van der Waals surface area contributed by atoms with Gasteiger partial charge in [-0.1, -0.05) is 24.6 Å². The van der Waals surface area contributed by atoms with Gasteiger partial charge in [0, 0.05) is 19.0 Å². The van der Waals surface area contributed by atoms with E-state index in [1.165, 1.54) is 0 Å². The Morgan fingerprint density at radius 3 is 2.71 bits per heavy atom. The van der Waals surface area contributed by atoms with Gasteiger partial charge in [-0.2, -0.15) is 0 Å². The molecular weight excluding hydrogens is 328 g/mol. The third-order valence-electron chi connectivity index (χ3n) is 4.55. The molecule has 6 heteroatoms. The average Bonchev–Trinajstić information content (AvgIpc) is 2.89. The molecular formula is C18H23ClN2O3. The number of hydrogen-bond acceptors (Lipinski definition) is 3. The Hall–Kier alpha value is -1.75. The molecule has 0 bridgehead atoms. The van der Waals surface area contributed by atoms with E-state index < -0.39 is 5.60 Å². The lowest BCUT2D eigenvalue weighted by molar-refractivity contribution is 0.0288. The first kappa shape index (κ1) is 17.1. The number of benzene rings is 1. The van der Waals surface area contributed by atoms with E-state index in [4.69, 9.17) is 16.3 Å². The molecule has 2 heterocycles. The number of aryl methyl sites for hydroxylation is 1. The van der Waals surface area contributed by atoms with E-state index in [-0.39, 0.29) is 24.0 Å². The van der Waals surface area contributed by atoms with Crippen molar-refractivity contribution in [2.24, 2.45) is 0 Å². The second kappa shape index (κ2) is 5.96. The fraction of sp³-hybridized carbons (Fsp3) is 0.556. The molecule has 2 atom stereocenters. The number of fused-ring (bicyclic) bond motifs is 3. The number of carbonyl (C=O) groups is 2. The predicted octanol–water partition coefficient (Wildman–Crippen LogP) is 3.35. The van der Waals surface area contributed by atoms with Gasteiger partial charge in [0.1, 0.15) is 5.60 Å². The fourth-order valence-corrected chi connectivity index (χ4v) is 3.81. The molecule has 24 heavy (non-hydrogen) atoms. The standard InChI is InChI=1S/C18H23ClN2O3/c1-5-10-6-7-12(19)15-14(10)11-8-21(9-13(11)20-16(15)22)17(23)24-18(2,3)4/h6-7,11,13H,5,8-9H2,1-4H3,(H,20,22)/t11-,13-/m1/s1. The zero-order chi connectivity index (χ0) is 17.6. The normalized spacial score (nSPS) is 22.7. The Morgan fingerprint density at radius 2 is 2.08 bits per heavy atom. The van der Waals surface area contributed by atoms with E-state index >= 15 is 0 Å². The number of hydrogen-bond donors (Lipinski definition) is 1. The van der Waals surface area contributed by atoms with Crippen molar-refractivity contribution in [3.63, 3.8) is 0 Å².